The third-order valence-corrected chi connectivity index (χ3v) is 3.91. The molecule has 0 spiro atoms. The van der Waals surface area contributed by atoms with Gasteiger partial charge in [-0.3, -0.25) is 9.59 Å². The molecule has 0 saturated heterocycles. The van der Waals surface area contributed by atoms with Crippen molar-refractivity contribution in [3.05, 3.63) is 29.8 Å². The van der Waals surface area contributed by atoms with Crippen LogP contribution in [-0.4, -0.2) is 55.4 Å². The number of fused-ring (bicyclic) bond motifs is 2. The number of likely N-dealkylation sites (N-methyl/N-ethyl adjacent to an activating group) is 2. The van der Waals surface area contributed by atoms with Crippen LogP contribution < -0.4 is 4.74 Å². The monoisotopic (exact) mass is 304 g/mol. The van der Waals surface area contributed by atoms with Crippen molar-refractivity contribution < 1.29 is 14.3 Å². The number of hydrogen-bond donors (Lipinski definition) is 0. The predicted octanol–water partition coefficient (Wildman–Crippen LogP) is 1.71. The number of rotatable bonds is 0. The maximum atomic E-state index is 12.1. The Kier molecular flexibility index (Phi) is 5.81. The van der Waals surface area contributed by atoms with Gasteiger partial charge in [0.15, 0.2) is 0 Å². The van der Waals surface area contributed by atoms with E-state index in [1.807, 2.05) is 24.3 Å². The van der Waals surface area contributed by atoms with Crippen molar-refractivity contribution in [1.29, 1.82) is 0 Å². The quantitative estimate of drug-likeness (QED) is 0.733. The van der Waals surface area contributed by atoms with Crippen LogP contribution in [0.5, 0.6) is 5.75 Å². The fraction of sp³-hybridized carbons (Fsp3) is 0.529. The van der Waals surface area contributed by atoms with Gasteiger partial charge >= 0.3 is 0 Å². The lowest BCUT2D eigenvalue weighted by molar-refractivity contribution is -0.138. The maximum absolute atomic E-state index is 12.1. The predicted molar refractivity (Wildman–Crippen MR) is 84.8 cm³/mol. The summed E-state index contributed by atoms with van der Waals surface area (Å²) in [6.07, 6.45) is 2.83. The Balaban J connectivity index is 2.07. The molecule has 1 aromatic rings. The average Bonchev–Trinajstić information content (AvgIpc) is 2.51. The summed E-state index contributed by atoms with van der Waals surface area (Å²) >= 11 is 0. The Morgan fingerprint density at radius 2 is 1.82 bits per heavy atom. The number of carbonyl (C=O) groups excluding carboxylic acids is 2. The van der Waals surface area contributed by atoms with Gasteiger partial charge in [0.05, 0.1) is 13.2 Å². The van der Waals surface area contributed by atoms with Crippen LogP contribution in [-0.2, 0) is 16.0 Å². The highest BCUT2D eigenvalue weighted by molar-refractivity contribution is 5.84. The zero-order valence-electron chi connectivity index (χ0n) is 13.4. The molecule has 0 aromatic heterocycles. The molecule has 0 aliphatic carbocycles. The molecule has 1 aromatic carbocycles. The molecule has 0 N–H and O–H groups in total. The molecule has 2 rings (SSSR count). The van der Waals surface area contributed by atoms with E-state index in [1.165, 1.54) is 4.90 Å². The minimum absolute atomic E-state index is 0.0113. The summed E-state index contributed by atoms with van der Waals surface area (Å²) in [7, 11) is 3.46. The number of hydrogen-bond acceptors (Lipinski definition) is 3. The molecule has 1 aliphatic rings. The van der Waals surface area contributed by atoms with Gasteiger partial charge in [-0.25, -0.2) is 0 Å². The molecule has 120 valence electrons. The molecule has 0 saturated carbocycles. The SMILES string of the molecule is CN1CCc2cccc(c2)OCCCCC(=O)N(C)CC1=O. The molecule has 22 heavy (non-hydrogen) atoms. The fourth-order valence-corrected chi connectivity index (χ4v) is 2.38. The van der Waals surface area contributed by atoms with Crippen LogP contribution in [0.1, 0.15) is 24.8 Å². The lowest BCUT2D eigenvalue weighted by Crippen LogP contribution is -2.40. The van der Waals surface area contributed by atoms with Crippen LogP contribution in [0.4, 0.5) is 0 Å². The molecule has 5 nitrogen and oxygen atoms in total. The van der Waals surface area contributed by atoms with Gasteiger partial charge in [-0.2, -0.15) is 0 Å². The van der Waals surface area contributed by atoms with E-state index in [1.54, 1.807) is 19.0 Å². The van der Waals surface area contributed by atoms with E-state index in [0.717, 1.165) is 30.6 Å². The first-order chi connectivity index (χ1) is 10.6. The number of nitrogens with zero attached hydrogens (tertiary/aromatic N) is 2. The van der Waals surface area contributed by atoms with Gasteiger partial charge in [-0.15, -0.1) is 0 Å². The van der Waals surface area contributed by atoms with Gasteiger partial charge in [0.25, 0.3) is 0 Å². The minimum atomic E-state index is -0.0295. The summed E-state index contributed by atoms with van der Waals surface area (Å²) in [6, 6.07) is 7.98. The summed E-state index contributed by atoms with van der Waals surface area (Å²) in [6.45, 7) is 1.38. The zero-order chi connectivity index (χ0) is 15.9. The Hall–Kier alpha value is -2.04. The van der Waals surface area contributed by atoms with E-state index in [4.69, 9.17) is 4.74 Å². The van der Waals surface area contributed by atoms with Crippen molar-refractivity contribution in [2.45, 2.75) is 25.7 Å². The number of amides is 2. The van der Waals surface area contributed by atoms with E-state index in [2.05, 4.69) is 0 Å². The number of carbonyl (C=O) groups is 2. The van der Waals surface area contributed by atoms with Crippen LogP contribution in [0.25, 0.3) is 0 Å². The largest absolute Gasteiger partial charge is 0.494 e. The van der Waals surface area contributed by atoms with Crippen LogP contribution in [0.3, 0.4) is 0 Å². The minimum Gasteiger partial charge on any atom is -0.494 e. The standard InChI is InChI=1S/C17H24N2O3/c1-18-10-9-14-6-5-7-15(12-14)22-11-4-3-8-16(20)19(2)13-17(18)21/h5-7,12H,3-4,8-11,13H2,1-2H3. The van der Waals surface area contributed by atoms with Crippen LogP contribution in [0.15, 0.2) is 24.3 Å². The van der Waals surface area contributed by atoms with Gasteiger partial charge in [0.1, 0.15) is 5.75 Å². The summed E-state index contributed by atoms with van der Waals surface area (Å²) in [5, 5.41) is 0. The van der Waals surface area contributed by atoms with Crippen molar-refractivity contribution >= 4 is 11.8 Å². The first kappa shape index (κ1) is 16.3. The molecule has 0 fully saturated rings. The summed E-state index contributed by atoms with van der Waals surface area (Å²) in [5.41, 5.74) is 1.15. The van der Waals surface area contributed by atoms with Crippen LogP contribution in [0, 0.1) is 0 Å². The Labute approximate surface area is 131 Å². The molecule has 0 unspecified atom stereocenters. The first-order valence-electron chi connectivity index (χ1n) is 7.76. The smallest absolute Gasteiger partial charge is 0.241 e. The third kappa shape index (κ3) is 4.76. The van der Waals surface area contributed by atoms with E-state index in [0.29, 0.717) is 19.6 Å². The second kappa shape index (κ2) is 7.82. The Morgan fingerprint density at radius 3 is 2.64 bits per heavy atom. The van der Waals surface area contributed by atoms with Gasteiger partial charge in [0.2, 0.25) is 11.8 Å². The third-order valence-electron chi connectivity index (χ3n) is 3.91. The highest BCUT2D eigenvalue weighted by atomic mass is 16.5. The van der Waals surface area contributed by atoms with Gasteiger partial charge in [0, 0.05) is 27.1 Å². The highest BCUT2D eigenvalue weighted by Crippen LogP contribution is 2.15. The number of ether oxygens (including phenoxy) is 1. The van der Waals surface area contributed by atoms with Crippen molar-refractivity contribution in [2.75, 3.05) is 33.8 Å². The van der Waals surface area contributed by atoms with Gasteiger partial charge < -0.3 is 14.5 Å². The summed E-state index contributed by atoms with van der Waals surface area (Å²) in [5.74, 6) is 0.833. The van der Waals surface area contributed by atoms with Gasteiger partial charge in [-0.1, -0.05) is 12.1 Å². The average molecular weight is 304 g/mol. The molecule has 0 atom stereocenters. The molecule has 0 radical (unpaired) electrons. The van der Waals surface area contributed by atoms with Crippen LogP contribution in [0.2, 0.25) is 0 Å². The Bertz CT molecular complexity index is 530. The van der Waals surface area contributed by atoms with Crippen molar-refractivity contribution in [2.24, 2.45) is 0 Å². The second-order valence-corrected chi connectivity index (χ2v) is 5.77. The maximum Gasteiger partial charge on any atom is 0.241 e. The zero-order valence-corrected chi connectivity index (χ0v) is 13.4. The normalized spacial score (nSPS) is 18.5. The molecular formula is C17H24N2O3. The topological polar surface area (TPSA) is 49.9 Å². The van der Waals surface area contributed by atoms with Crippen molar-refractivity contribution in [3.63, 3.8) is 0 Å². The molecule has 5 heteroatoms. The second-order valence-electron chi connectivity index (χ2n) is 5.77. The van der Waals surface area contributed by atoms with Crippen molar-refractivity contribution in [1.82, 2.24) is 9.80 Å². The van der Waals surface area contributed by atoms with Crippen molar-refractivity contribution in [3.8, 4) is 5.75 Å². The lowest BCUT2D eigenvalue weighted by atomic mass is 10.1. The van der Waals surface area contributed by atoms with E-state index in [-0.39, 0.29) is 18.4 Å². The van der Waals surface area contributed by atoms with Gasteiger partial charge in [-0.05, 0) is 37.0 Å². The van der Waals surface area contributed by atoms with E-state index >= 15 is 0 Å². The molecular weight excluding hydrogens is 280 g/mol. The Morgan fingerprint density at radius 1 is 1.00 bits per heavy atom. The summed E-state index contributed by atoms with van der Waals surface area (Å²) < 4.78 is 5.73. The molecule has 1 heterocycles. The fourth-order valence-electron chi connectivity index (χ4n) is 2.38. The highest BCUT2D eigenvalue weighted by Gasteiger charge is 2.16. The number of benzene rings is 1. The van der Waals surface area contributed by atoms with E-state index < -0.39 is 0 Å². The van der Waals surface area contributed by atoms with E-state index in [9.17, 15) is 9.59 Å². The van der Waals surface area contributed by atoms with Crippen LogP contribution >= 0.6 is 0 Å². The molecule has 1 aliphatic heterocycles. The molecule has 2 bridgehead atoms. The summed E-state index contributed by atoms with van der Waals surface area (Å²) in [4.78, 5) is 27.3. The first-order valence-corrected chi connectivity index (χ1v) is 7.76. The molecule has 2 amide bonds. The lowest BCUT2D eigenvalue weighted by Gasteiger charge is -2.22.